The molecule has 0 atom stereocenters. The second kappa shape index (κ2) is 8.01. The summed E-state index contributed by atoms with van der Waals surface area (Å²) >= 11 is 3.33. The van der Waals surface area contributed by atoms with Crippen LogP contribution >= 0.6 is 15.9 Å². The Morgan fingerprint density at radius 3 is 2.69 bits per heavy atom. The van der Waals surface area contributed by atoms with Gasteiger partial charge in [0, 0.05) is 16.6 Å². The van der Waals surface area contributed by atoms with Crippen molar-refractivity contribution in [1.82, 2.24) is 0 Å². The maximum absolute atomic E-state index is 12.3. The van der Waals surface area contributed by atoms with Gasteiger partial charge in [-0.25, -0.2) is 0 Å². The van der Waals surface area contributed by atoms with Gasteiger partial charge in [0.15, 0.2) is 18.1 Å². The molecule has 0 aliphatic heterocycles. The molecule has 0 saturated carbocycles. The van der Waals surface area contributed by atoms with Crippen LogP contribution in [-0.4, -0.2) is 25.9 Å². The number of rotatable bonds is 6. The number of nitrogens with one attached hydrogen (secondary N) is 1. The maximum atomic E-state index is 12.3. The van der Waals surface area contributed by atoms with Crippen molar-refractivity contribution in [1.29, 1.82) is 0 Å². The average Bonchev–Trinajstić information content (AvgIpc) is 2.66. The van der Waals surface area contributed by atoms with Gasteiger partial charge in [0.05, 0.1) is 11.6 Å². The highest BCUT2D eigenvalue weighted by Crippen LogP contribution is 2.36. The first-order valence-corrected chi connectivity index (χ1v) is 8.65. The average molecular weight is 414 g/mol. The van der Waals surface area contributed by atoms with Crippen LogP contribution in [0.5, 0.6) is 11.5 Å². The summed E-state index contributed by atoms with van der Waals surface area (Å²) in [4.78, 5) is 23.2. The van der Waals surface area contributed by atoms with E-state index in [2.05, 4.69) is 21.2 Å². The quantitative estimate of drug-likeness (QED) is 0.606. The molecule has 0 unspecified atom stereocenters. The first-order valence-electron chi connectivity index (χ1n) is 7.85. The number of anilines is 1. The van der Waals surface area contributed by atoms with Crippen molar-refractivity contribution in [3.05, 3.63) is 64.6 Å². The fourth-order valence-electron chi connectivity index (χ4n) is 2.61. The lowest BCUT2D eigenvalue weighted by Crippen LogP contribution is -2.20. The van der Waals surface area contributed by atoms with Crippen molar-refractivity contribution in [2.24, 2.45) is 0 Å². The predicted octanol–water partition coefficient (Wildman–Crippen LogP) is 4.44. The summed E-state index contributed by atoms with van der Waals surface area (Å²) < 4.78 is 11.4. The summed E-state index contributed by atoms with van der Waals surface area (Å²) in [5.74, 6) is 0.445. The summed E-state index contributed by atoms with van der Waals surface area (Å²) in [6.07, 6.45) is 0.713. The third-order valence-electron chi connectivity index (χ3n) is 3.80. The molecule has 0 radical (unpaired) electrons. The highest BCUT2D eigenvalue weighted by Gasteiger charge is 2.14. The molecular weight excluding hydrogens is 398 g/mol. The zero-order valence-electron chi connectivity index (χ0n) is 14.0. The minimum atomic E-state index is -0.297. The fraction of sp³-hybridized carbons (Fsp3) is 0.100. The van der Waals surface area contributed by atoms with E-state index in [1.54, 1.807) is 12.1 Å². The molecule has 1 N–H and O–H groups in total. The largest absolute Gasteiger partial charge is 0.493 e. The summed E-state index contributed by atoms with van der Waals surface area (Å²) in [7, 11) is 1.47. The molecule has 0 aromatic heterocycles. The Kier molecular flexibility index (Phi) is 5.53. The van der Waals surface area contributed by atoms with E-state index in [9.17, 15) is 9.59 Å². The molecule has 3 aromatic rings. The zero-order chi connectivity index (χ0) is 18.5. The van der Waals surface area contributed by atoms with Crippen molar-refractivity contribution in [2.45, 2.75) is 0 Å². The van der Waals surface area contributed by atoms with Gasteiger partial charge < -0.3 is 14.8 Å². The lowest BCUT2D eigenvalue weighted by Gasteiger charge is -2.14. The van der Waals surface area contributed by atoms with Crippen molar-refractivity contribution in [3.63, 3.8) is 0 Å². The van der Waals surface area contributed by atoms with Crippen LogP contribution in [-0.2, 0) is 4.79 Å². The number of hydrogen-bond acceptors (Lipinski definition) is 4. The number of hydrogen-bond donors (Lipinski definition) is 1. The smallest absolute Gasteiger partial charge is 0.262 e. The third-order valence-corrected chi connectivity index (χ3v) is 4.39. The number of carbonyl (C=O) groups excluding carboxylic acids is 2. The van der Waals surface area contributed by atoms with E-state index in [4.69, 9.17) is 9.47 Å². The molecule has 0 bridgehead atoms. The Morgan fingerprint density at radius 2 is 1.92 bits per heavy atom. The van der Waals surface area contributed by atoms with Crippen LogP contribution in [0.2, 0.25) is 0 Å². The summed E-state index contributed by atoms with van der Waals surface area (Å²) in [6.45, 7) is -0.196. The van der Waals surface area contributed by atoms with Crippen LogP contribution in [0.4, 0.5) is 5.69 Å². The molecule has 0 spiro atoms. The highest BCUT2D eigenvalue weighted by atomic mass is 79.9. The van der Waals surface area contributed by atoms with Crippen molar-refractivity contribution in [3.8, 4) is 11.5 Å². The molecule has 5 nitrogen and oxygen atoms in total. The molecule has 0 aliphatic rings. The second-order valence-electron chi connectivity index (χ2n) is 5.52. The number of benzene rings is 3. The van der Waals surface area contributed by atoms with Crippen LogP contribution in [0.25, 0.3) is 10.8 Å². The molecule has 0 aliphatic carbocycles. The van der Waals surface area contributed by atoms with Crippen LogP contribution in [0, 0.1) is 0 Å². The van der Waals surface area contributed by atoms with Crippen LogP contribution in [0.1, 0.15) is 10.4 Å². The van der Waals surface area contributed by atoms with Gasteiger partial charge in [0.2, 0.25) is 0 Å². The lowest BCUT2D eigenvalue weighted by atomic mass is 10.1. The van der Waals surface area contributed by atoms with Gasteiger partial charge in [0.25, 0.3) is 5.91 Å². The topological polar surface area (TPSA) is 64.6 Å². The van der Waals surface area contributed by atoms with Crippen LogP contribution in [0.3, 0.4) is 0 Å². The van der Waals surface area contributed by atoms with Crippen LogP contribution in [0.15, 0.2) is 59.1 Å². The van der Waals surface area contributed by atoms with Gasteiger partial charge in [-0.1, -0.05) is 36.4 Å². The number of fused-ring (bicyclic) bond motifs is 1. The number of ether oxygens (including phenoxy) is 2. The monoisotopic (exact) mass is 413 g/mol. The van der Waals surface area contributed by atoms with Gasteiger partial charge in [0.1, 0.15) is 6.29 Å². The molecule has 0 heterocycles. The summed E-state index contributed by atoms with van der Waals surface area (Å²) in [5.41, 5.74) is 1.17. The van der Waals surface area contributed by atoms with E-state index >= 15 is 0 Å². The number of halogens is 1. The maximum Gasteiger partial charge on any atom is 0.262 e. The molecule has 3 aromatic carbocycles. The van der Waals surface area contributed by atoms with Crippen LogP contribution < -0.4 is 14.8 Å². The third kappa shape index (κ3) is 3.86. The standard InChI is InChI=1S/C20H16BrNO4/c1-25-18-10-13(11-23)9-16(21)20(18)26-12-19(24)22-17-8-4-6-14-5-2-3-7-15(14)17/h2-11H,12H2,1H3,(H,22,24). The molecule has 1 amide bonds. The van der Waals surface area contributed by atoms with E-state index in [1.807, 2.05) is 42.5 Å². The second-order valence-corrected chi connectivity index (χ2v) is 6.37. The van der Waals surface area contributed by atoms with Crippen molar-refractivity contribution in [2.75, 3.05) is 19.0 Å². The molecular formula is C20H16BrNO4. The molecule has 6 heteroatoms. The predicted molar refractivity (Wildman–Crippen MR) is 104 cm³/mol. The Labute approximate surface area is 159 Å². The summed E-state index contributed by atoms with van der Waals surface area (Å²) in [5, 5.41) is 4.86. The summed E-state index contributed by atoms with van der Waals surface area (Å²) in [6, 6.07) is 16.7. The molecule has 3 rings (SSSR count). The van der Waals surface area contributed by atoms with Gasteiger partial charge in [-0.15, -0.1) is 0 Å². The SMILES string of the molecule is COc1cc(C=O)cc(Br)c1OCC(=O)Nc1cccc2ccccc12. The van der Waals surface area contributed by atoms with Gasteiger partial charge >= 0.3 is 0 Å². The fourth-order valence-corrected chi connectivity index (χ4v) is 3.18. The Morgan fingerprint density at radius 1 is 1.15 bits per heavy atom. The van der Waals surface area contributed by atoms with Gasteiger partial charge in [-0.2, -0.15) is 0 Å². The number of methoxy groups -OCH3 is 1. The van der Waals surface area contributed by atoms with E-state index in [0.29, 0.717) is 27.8 Å². The zero-order valence-corrected chi connectivity index (χ0v) is 15.6. The lowest BCUT2D eigenvalue weighted by molar-refractivity contribution is -0.118. The Hall–Kier alpha value is -2.86. The van der Waals surface area contributed by atoms with E-state index in [-0.39, 0.29) is 12.5 Å². The minimum absolute atomic E-state index is 0.196. The normalized spacial score (nSPS) is 10.4. The number of amides is 1. The number of aldehydes is 1. The highest BCUT2D eigenvalue weighted by molar-refractivity contribution is 9.10. The van der Waals surface area contributed by atoms with Crippen molar-refractivity contribution < 1.29 is 19.1 Å². The molecule has 26 heavy (non-hydrogen) atoms. The Balaban J connectivity index is 1.74. The number of carbonyl (C=O) groups is 2. The molecule has 132 valence electrons. The molecule has 0 saturated heterocycles. The van der Waals surface area contributed by atoms with E-state index in [1.165, 1.54) is 7.11 Å². The first-order chi connectivity index (χ1) is 12.6. The van der Waals surface area contributed by atoms with Crippen molar-refractivity contribution >= 4 is 44.6 Å². The van der Waals surface area contributed by atoms with Gasteiger partial charge in [-0.3, -0.25) is 9.59 Å². The van der Waals surface area contributed by atoms with E-state index in [0.717, 1.165) is 16.5 Å². The molecule has 0 fully saturated rings. The first kappa shape index (κ1) is 17.9. The van der Waals surface area contributed by atoms with E-state index < -0.39 is 0 Å². The Bertz CT molecular complexity index is 966. The van der Waals surface area contributed by atoms with Gasteiger partial charge in [-0.05, 0) is 39.5 Å². The minimum Gasteiger partial charge on any atom is -0.493 e.